The van der Waals surface area contributed by atoms with Crippen LogP contribution in [0.3, 0.4) is 0 Å². The van der Waals surface area contributed by atoms with E-state index in [9.17, 15) is 0 Å². The van der Waals surface area contributed by atoms with Crippen LogP contribution < -0.4 is 10.5 Å². The van der Waals surface area contributed by atoms with E-state index in [4.69, 9.17) is 10.5 Å². The summed E-state index contributed by atoms with van der Waals surface area (Å²) >= 11 is 0. The molecule has 0 spiro atoms. The Morgan fingerprint density at radius 1 is 1.19 bits per heavy atom. The van der Waals surface area contributed by atoms with E-state index in [0.29, 0.717) is 18.3 Å². The lowest BCUT2D eigenvalue weighted by Crippen LogP contribution is -2.04. The van der Waals surface area contributed by atoms with E-state index in [2.05, 4.69) is 15.0 Å². The molecule has 5 heteroatoms. The highest BCUT2D eigenvalue weighted by Gasteiger charge is 1.98. The molecule has 0 unspecified atom stereocenters. The van der Waals surface area contributed by atoms with Crippen LogP contribution in [0.1, 0.15) is 5.69 Å². The van der Waals surface area contributed by atoms with E-state index in [-0.39, 0.29) is 0 Å². The van der Waals surface area contributed by atoms with Crippen LogP contribution >= 0.6 is 0 Å². The molecule has 0 fully saturated rings. The summed E-state index contributed by atoms with van der Waals surface area (Å²) in [5, 5.41) is 0. The second-order valence-corrected chi connectivity index (χ2v) is 3.20. The number of anilines is 1. The van der Waals surface area contributed by atoms with Crippen molar-refractivity contribution in [3.63, 3.8) is 0 Å². The Morgan fingerprint density at radius 3 is 2.88 bits per heavy atom. The van der Waals surface area contributed by atoms with Gasteiger partial charge in [-0.05, 0) is 12.1 Å². The van der Waals surface area contributed by atoms with Gasteiger partial charge < -0.3 is 10.5 Å². The zero-order valence-electron chi connectivity index (χ0n) is 8.71. The zero-order valence-corrected chi connectivity index (χ0v) is 8.71. The first-order chi connectivity index (χ1) is 7.84. The molecule has 2 aromatic heterocycles. The van der Waals surface area contributed by atoms with Crippen molar-refractivity contribution in [2.45, 2.75) is 6.42 Å². The summed E-state index contributed by atoms with van der Waals surface area (Å²) in [5.41, 5.74) is 6.49. The molecule has 0 aromatic carbocycles. The molecular weight excluding hydrogens is 204 g/mol. The Balaban J connectivity index is 1.85. The van der Waals surface area contributed by atoms with E-state index in [1.807, 2.05) is 18.2 Å². The second-order valence-electron chi connectivity index (χ2n) is 3.20. The van der Waals surface area contributed by atoms with Gasteiger partial charge in [0.05, 0.1) is 6.61 Å². The molecule has 82 valence electrons. The fourth-order valence-electron chi connectivity index (χ4n) is 1.24. The number of nitrogens with two attached hydrogens (primary N) is 1. The summed E-state index contributed by atoms with van der Waals surface area (Å²) in [6.07, 6.45) is 3.88. The van der Waals surface area contributed by atoms with Gasteiger partial charge in [0.15, 0.2) is 0 Å². The Hall–Kier alpha value is -2.17. The molecule has 5 nitrogen and oxygen atoms in total. The number of pyridine rings is 1. The predicted molar refractivity (Wildman–Crippen MR) is 59.9 cm³/mol. The zero-order chi connectivity index (χ0) is 11.2. The predicted octanol–water partition coefficient (Wildman–Crippen LogP) is 1.08. The lowest BCUT2D eigenvalue weighted by atomic mass is 10.3. The number of hydrogen-bond acceptors (Lipinski definition) is 5. The van der Waals surface area contributed by atoms with Gasteiger partial charge in [0.1, 0.15) is 12.1 Å². The number of nitrogen functional groups attached to an aromatic ring is 1. The lowest BCUT2D eigenvalue weighted by Gasteiger charge is -2.04. The molecule has 2 rings (SSSR count). The maximum absolute atomic E-state index is 5.50. The van der Waals surface area contributed by atoms with Gasteiger partial charge in [0.25, 0.3) is 0 Å². The Kier molecular flexibility index (Phi) is 3.28. The first-order valence-electron chi connectivity index (χ1n) is 4.95. The fourth-order valence-corrected chi connectivity index (χ4v) is 1.24. The van der Waals surface area contributed by atoms with Crippen LogP contribution in [0.4, 0.5) is 5.82 Å². The number of hydrogen-bond donors (Lipinski definition) is 1. The van der Waals surface area contributed by atoms with Gasteiger partial charge in [-0.25, -0.2) is 9.97 Å². The number of rotatable bonds is 4. The molecule has 0 saturated heterocycles. The highest BCUT2D eigenvalue weighted by atomic mass is 16.5. The summed E-state index contributed by atoms with van der Waals surface area (Å²) in [5.74, 6) is 0.895. The average Bonchev–Trinajstić information content (AvgIpc) is 2.30. The molecule has 0 amide bonds. The Morgan fingerprint density at radius 2 is 2.12 bits per heavy atom. The standard InChI is InChI=1S/C11H12N4O/c12-10-7-11(15-8-14-10)16-6-4-9-3-1-2-5-13-9/h1-3,5,7-8H,4,6H2,(H2,12,14,15). The SMILES string of the molecule is Nc1cc(OCCc2ccccn2)ncn1. The second kappa shape index (κ2) is 5.06. The minimum Gasteiger partial charge on any atom is -0.477 e. The molecule has 0 radical (unpaired) electrons. The Bertz CT molecular complexity index is 447. The van der Waals surface area contributed by atoms with Crippen LogP contribution in [0, 0.1) is 0 Å². The highest BCUT2D eigenvalue weighted by molar-refractivity contribution is 5.30. The molecule has 0 bridgehead atoms. The van der Waals surface area contributed by atoms with Crippen molar-refractivity contribution >= 4 is 5.82 Å². The number of nitrogens with zero attached hydrogens (tertiary/aromatic N) is 3. The van der Waals surface area contributed by atoms with Crippen LogP contribution in [-0.2, 0) is 6.42 Å². The third-order valence-corrected chi connectivity index (χ3v) is 2.00. The van der Waals surface area contributed by atoms with Crippen molar-refractivity contribution in [2.75, 3.05) is 12.3 Å². The summed E-state index contributed by atoms with van der Waals surface area (Å²) in [4.78, 5) is 11.9. The Labute approximate surface area is 93.3 Å². The number of ether oxygens (including phenoxy) is 1. The largest absolute Gasteiger partial charge is 0.477 e. The van der Waals surface area contributed by atoms with Crippen molar-refractivity contribution in [3.8, 4) is 5.88 Å². The first-order valence-corrected chi connectivity index (χ1v) is 4.95. The van der Waals surface area contributed by atoms with Gasteiger partial charge in [0.2, 0.25) is 5.88 Å². The van der Waals surface area contributed by atoms with Crippen LogP contribution in [-0.4, -0.2) is 21.6 Å². The van der Waals surface area contributed by atoms with E-state index in [1.54, 1.807) is 12.3 Å². The monoisotopic (exact) mass is 216 g/mol. The minimum absolute atomic E-state index is 0.405. The molecule has 2 heterocycles. The van der Waals surface area contributed by atoms with E-state index in [1.165, 1.54) is 6.33 Å². The van der Waals surface area contributed by atoms with Crippen LogP contribution in [0.2, 0.25) is 0 Å². The highest BCUT2D eigenvalue weighted by Crippen LogP contribution is 2.07. The van der Waals surface area contributed by atoms with E-state index < -0.39 is 0 Å². The maximum atomic E-state index is 5.50. The molecular formula is C11H12N4O. The topological polar surface area (TPSA) is 73.9 Å². The lowest BCUT2D eigenvalue weighted by molar-refractivity contribution is 0.308. The summed E-state index contributed by atoms with van der Waals surface area (Å²) < 4.78 is 5.42. The summed E-state index contributed by atoms with van der Waals surface area (Å²) in [6.45, 7) is 0.521. The van der Waals surface area contributed by atoms with Crippen LogP contribution in [0.5, 0.6) is 5.88 Å². The smallest absolute Gasteiger partial charge is 0.218 e. The fraction of sp³-hybridized carbons (Fsp3) is 0.182. The van der Waals surface area contributed by atoms with Crippen LogP contribution in [0.25, 0.3) is 0 Å². The van der Waals surface area contributed by atoms with Crippen LogP contribution in [0.15, 0.2) is 36.8 Å². The molecule has 2 N–H and O–H groups in total. The quantitative estimate of drug-likeness (QED) is 0.827. The van der Waals surface area contributed by atoms with Crippen molar-refractivity contribution < 1.29 is 4.74 Å². The third kappa shape index (κ3) is 2.91. The maximum Gasteiger partial charge on any atom is 0.218 e. The summed E-state index contributed by atoms with van der Waals surface area (Å²) in [7, 11) is 0. The molecule has 16 heavy (non-hydrogen) atoms. The van der Waals surface area contributed by atoms with Gasteiger partial charge in [-0.3, -0.25) is 4.98 Å². The molecule has 0 aliphatic carbocycles. The normalized spacial score (nSPS) is 10.0. The molecule has 0 saturated carbocycles. The molecule has 0 aliphatic rings. The van der Waals surface area contributed by atoms with Crippen molar-refractivity contribution in [3.05, 3.63) is 42.5 Å². The minimum atomic E-state index is 0.405. The number of aromatic nitrogens is 3. The van der Waals surface area contributed by atoms with Crippen molar-refractivity contribution in [1.82, 2.24) is 15.0 Å². The van der Waals surface area contributed by atoms with Crippen molar-refractivity contribution in [2.24, 2.45) is 0 Å². The van der Waals surface area contributed by atoms with Crippen molar-refractivity contribution in [1.29, 1.82) is 0 Å². The first kappa shape index (κ1) is 10.4. The molecule has 2 aromatic rings. The molecule has 0 aliphatic heterocycles. The van der Waals surface area contributed by atoms with Gasteiger partial charge in [-0.15, -0.1) is 0 Å². The summed E-state index contributed by atoms with van der Waals surface area (Å²) in [6, 6.07) is 7.39. The van der Waals surface area contributed by atoms with Gasteiger partial charge in [-0.2, -0.15) is 0 Å². The van der Waals surface area contributed by atoms with E-state index in [0.717, 1.165) is 12.1 Å². The molecule has 0 atom stereocenters. The third-order valence-electron chi connectivity index (χ3n) is 2.00. The average molecular weight is 216 g/mol. The van der Waals surface area contributed by atoms with Gasteiger partial charge in [-0.1, -0.05) is 6.07 Å². The van der Waals surface area contributed by atoms with E-state index >= 15 is 0 Å². The van der Waals surface area contributed by atoms with Gasteiger partial charge in [0, 0.05) is 24.4 Å². The van der Waals surface area contributed by atoms with Gasteiger partial charge >= 0.3 is 0 Å².